The maximum absolute atomic E-state index is 6.38. The topological polar surface area (TPSA) is 22.4 Å². The van der Waals surface area contributed by atoms with Gasteiger partial charge in [0.25, 0.3) is 0 Å². The van der Waals surface area contributed by atoms with Crippen molar-refractivity contribution in [2.24, 2.45) is 0 Å². The van der Waals surface area contributed by atoms with Crippen molar-refractivity contribution in [1.82, 2.24) is 0 Å². The number of halogens is 2. The van der Waals surface area contributed by atoms with Gasteiger partial charge in [-0.1, -0.05) is 68.4 Å². The van der Waals surface area contributed by atoms with E-state index in [0.29, 0.717) is 15.8 Å². The molecule has 0 bridgehead atoms. The molecule has 0 radical (unpaired) electrons. The van der Waals surface area contributed by atoms with Gasteiger partial charge >= 0.3 is 0 Å². The minimum atomic E-state index is -1.73. The second kappa shape index (κ2) is 8.31. The summed E-state index contributed by atoms with van der Waals surface area (Å²) in [4.78, 5) is 0. The molecule has 4 rings (SSSR count). The van der Waals surface area contributed by atoms with Crippen LogP contribution in [0.2, 0.25) is 49.3 Å². The van der Waals surface area contributed by atoms with Crippen LogP contribution < -0.4 is 9.92 Å². The summed E-state index contributed by atoms with van der Waals surface area (Å²) in [6.07, 6.45) is 0. The highest BCUT2D eigenvalue weighted by Crippen LogP contribution is 2.35. The molecular weight excluding hydrogens is 471 g/mol. The van der Waals surface area contributed by atoms with Crippen molar-refractivity contribution in [1.29, 1.82) is 0 Å². The fraction of sp³-hybridized carbons (Fsp3) is 0.231. The molecule has 0 aliphatic carbocycles. The molecule has 1 aromatic heterocycles. The smallest absolute Gasteiger partial charge is 0.143 e. The van der Waals surface area contributed by atoms with Gasteiger partial charge in [-0.05, 0) is 47.7 Å². The van der Waals surface area contributed by atoms with E-state index in [2.05, 4.69) is 56.8 Å². The van der Waals surface area contributed by atoms with Crippen LogP contribution in [-0.4, -0.2) is 16.1 Å². The van der Waals surface area contributed by atoms with Crippen molar-refractivity contribution >= 4 is 66.5 Å². The monoisotopic (exact) mass is 496 g/mol. The van der Waals surface area contributed by atoms with E-state index in [1.54, 1.807) is 0 Å². The van der Waals surface area contributed by atoms with Crippen LogP contribution in [-0.2, 0) is 0 Å². The number of hydrogen-bond acceptors (Lipinski definition) is 2. The minimum absolute atomic E-state index is 0.643. The zero-order valence-electron chi connectivity index (χ0n) is 19.2. The number of hydrogen-bond donors (Lipinski definition) is 0. The lowest BCUT2D eigenvalue weighted by Gasteiger charge is -2.19. The van der Waals surface area contributed by atoms with E-state index >= 15 is 0 Å². The summed E-state index contributed by atoms with van der Waals surface area (Å²) in [6.45, 7) is 13.6. The fourth-order valence-electron chi connectivity index (χ4n) is 3.57. The Kier molecular flexibility index (Phi) is 5.98. The van der Waals surface area contributed by atoms with Crippen LogP contribution in [0.15, 0.2) is 52.9 Å². The zero-order chi connectivity index (χ0) is 23.3. The van der Waals surface area contributed by atoms with Gasteiger partial charge in [0.1, 0.15) is 30.7 Å². The molecule has 2 nitrogen and oxygen atoms in total. The quantitative estimate of drug-likeness (QED) is 0.209. The Labute approximate surface area is 201 Å². The number of ether oxygens (including phenoxy) is 1. The van der Waals surface area contributed by atoms with E-state index in [-0.39, 0.29) is 0 Å². The van der Waals surface area contributed by atoms with Crippen molar-refractivity contribution in [3.05, 3.63) is 64.1 Å². The number of furan rings is 1. The van der Waals surface area contributed by atoms with Crippen LogP contribution >= 0.6 is 23.2 Å². The first-order valence-corrected chi connectivity index (χ1v) is 18.3. The number of benzene rings is 3. The van der Waals surface area contributed by atoms with E-state index in [4.69, 9.17) is 32.4 Å². The van der Waals surface area contributed by atoms with E-state index in [9.17, 15) is 0 Å². The van der Waals surface area contributed by atoms with Gasteiger partial charge in [0, 0.05) is 26.9 Å². The third kappa shape index (κ3) is 4.92. The lowest BCUT2D eigenvalue weighted by Crippen LogP contribution is -2.38. The average Bonchev–Trinajstić information content (AvgIpc) is 3.03. The molecule has 0 aliphatic rings. The Hall–Kier alpha value is -2.17. The van der Waals surface area contributed by atoms with Gasteiger partial charge < -0.3 is 9.15 Å². The van der Waals surface area contributed by atoms with Crippen LogP contribution in [0.1, 0.15) is 5.56 Å². The molecule has 164 valence electrons. The van der Waals surface area contributed by atoms with Gasteiger partial charge in [-0.2, -0.15) is 0 Å². The van der Waals surface area contributed by atoms with Gasteiger partial charge in [0.15, 0.2) is 0 Å². The summed E-state index contributed by atoms with van der Waals surface area (Å²) >= 11 is 12.6. The summed E-state index contributed by atoms with van der Waals surface area (Å²) in [6, 6.07) is 15.4. The molecule has 0 spiro atoms. The molecule has 32 heavy (non-hydrogen) atoms. The lowest BCUT2D eigenvalue weighted by atomic mass is 10.1. The highest BCUT2D eigenvalue weighted by molar-refractivity contribution is 6.90. The van der Waals surface area contributed by atoms with E-state index in [1.165, 1.54) is 5.19 Å². The van der Waals surface area contributed by atoms with Crippen molar-refractivity contribution < 1.29 is 9.15 Å². The Morgan fingerprint density at radius 3 is 2.19 bits per heavy atom. The normalized spacial score (nSPS) is 12.1. The van der Waals surface area contributed by atoms with Crippen LogP contribution in [0, 0.1) is 11.5 Å². The van der Waals surface area contributed by atoms with Crippen molar-refractivity contribution in [3.63, 3.8) is 0 Å². The Bertz CT molecular complexity index is 1400. The van der Waals surface area contributed by atoms with Gasteiger partial charge in [0.2, 0.25) is 0 Å². The second-order valence-electron chi connectivity index (χ2n) is 10.1. The highest BCUT2D eigenvalue weighted by Gasteiger charge is 2.24. The third-order valence-electron chi connectivity index (χ3n) is 5.06. The molecule has 0 fully saturated rings. The fourth-order valence-corrected chi connectivity index (χ4v) is 6.01. The Balaban J connectivity index is 1.88. The summed E-state index contributed by atoms with van der Waals surface area (Å²) in [5.74, 6) is 4.73. The molecule has 1 heterocycles. The van der Waals surface area contributed by atoms with Crippen LogP contribution in [0.4, 0.5) is 0 Å². The molecule has 0 saturated carbocycles. The molecule has 0 amide bonds. The molecule has 0 unspecified atom stereocenters. The average molecular weight is 498 g/mol. The third-order valence-corrected chi connectivity index (χ3v) is 8.41. The number of rotatable bonds is 3. The first-order chi connectivity index (χ1) is 14.9. The number of fused-ring (bicyclic) bond motifs is 3. The van der Waals surface area contributed by atoms with Crippen LogP contribution in [0.5, 0.6) is 11.5 Å². The predicted octanol–water partition coefficient (Wildman–Crippen LogP) is 8.46. The Morgan fingerprint density at radius 2 is 1.50 bits per heavy atom. The maximum atomic E-state index is 6.38. The predicted molar refractivity (Wildman–Crippen MR) is 143 cm³/mol. The summed E-state index contributed by atoms with van der Waals surface area (Å²) < 4.78 is 12.6. The lowest BCUT2D eigenvalue weighted by molar-refractivity contribution is 0.481. The largest absolute Gasteiger partial charge is 0.456 e. The standard InChI is InChI=1S/C26H26Cl2O2Si2/c1-31(2,3)12-11-17-13-18(27)7-9-22(17)29-20-15-24-26(25(16-20)32(4,5)6)21-14-19(28)8-10-23(21)30-24/h7-10,13-16H,1-6H3. The van der Waals surface area contributed by atoms with E-state index in [1.807, 2.05) is 42.5 Å². The van der Waals surface area contributed by atoms with Gasteiger partial charge in [-0.25, -0.2) is 0 Å². The molecule has 4 aromatic rings. The molecule has 0 N–H and O–H groups in total. The van der Waals surface area contributed by atoms with Gasteiger partial charge in [-0.3, -0.25) is 0 Å². The summed E-state index contributed by atoms with van der Waals surface area (Å²) in [5.41, 5.74) is 5.84. The van der Waals surface area contributed by atoms with Crippen molar-refractivity contribution in [2.45, 2.75) is 39.3 Å². The molecule has 0 saturated heterocycles. The minimum Gasteiger partial charge on any atom is -0.456 e. The second-order valence-corrected chi connectivity index (χ2v) is 20.7. The Morgan fingerprint density at radius 1 is 0.812 bits per heavy atom. The first kappa shape index (κ1) is 23.0. The van der Waals surface area contributed by atoms with Gasteiger partial charge in [0.05, 0.1) is 13.6 Å². The maximum Gasteiger partial charge on any atom is 0.143 e. The molecule has 0 aliphatic heterocycles. The zero-order valence-corrected chi connectivity index (χ0v) is 22.7. The van der Waals surface area contributed by atoms with Crippen LogP contribution in [0.25, 0.3) is 21.9 Å². The highest BCUT2D eigenvalue weighted by atomic mass is 35.5. The summed E-state index contributed by atoms with van der Waals surface area (Å²) in [5, 5.41) is 4.79. The molecule has 0 atom stereocenters. The van der Waals surface area contributed by atoms with Gasteiger partial charge in [-0.15, -0.1) is 5.54 Å². The van der Waals surface area contributed by atoms with E-state index < -0.39 is 16.1 Å². The summed E-state index contributed by atoms with van der Waals surface area (Å²) in [7, 11) is -3.28. The van der Waals surface area contributed by atoms with Crippen LogP contribution in [0.3, 0.4) is 0 Å². The van der Waals surface area contributed by atoms with Crippen molar-refractivity contribution in [2.75, 3.05) is 0 Å². The molecular formula is C26H26Cl2O2Si2. The first-order valence-electron chi connectivity index (χ1n) is 10.6. The van der Waals surface area contributed by atoms with Crippen molar-refractivity contribution in [3.8, 4) is 23.0 Å². The molecule has 6 heteroatoms. The van der Waals surface area contributed by atoms with E-state index in [0.717, 1.165) is 33.3 Å². The molecule has 3 aromatic carbocycles. The SMILES string of the molecule is C[Si](C)(C)C#Cc1cc(Cl)ccc1Oc1cc([Si](C)(C)C)c2c(c1)oc1ccc(Cl)cc12.